The summed E-state index contributed by atoms with van der Waals surface area (Å²) in [4.78, 5) is 25.8. The number of ether oxygens (including phenoxy) is 1. The van der Waals surface area contributed by atoms with Crippen LogP contribution in [-0.4, -0.2) is 17.4 Å². The molecule has 3 heteroatoms. The number of hydrogen-bond donors (Lipinski definition) is 0. The highest BCUT2D eigenvalue weighted by Gasteiger charge is 2.63. The Morgan fingerprint density at radius 3 is 2.28 bits per heavy atom. The number of carbonyl (C=O) groups is 2. The van der Waals surface area contributed by atoms with Gasteiger partial charge in [-0.05, 0) is 11.1 Å². The van der Waals surface area contributed by atoms with Crippen molar-refractivity contribution in [3.05, 3.63) is 102 Å². The standard InChI is InChI=1S/C22H16O3/c1-3-9-18-16-12-7-8-13-17(16)20(23)22(18)19(14(2)21(24)25-22)15-10-5-4-6-11-15/h3-13,19H,1-2H2/b18-9-/t19-,22+/m1/s1. The molecule has 1 aliphatic heterocycles. The first-order valence-corrected chi connectivity index (χ1v) is 8.05. The molecular weight excluding hydrogens is 312 g/mol. The van der Waals surface area contributed by atoms with E-state index in [0.717, 1.165) is 11.1 Å². The predicted octanol–water partition coefficient (Wildman–Crippen LogP) is 4.09. The summed E-state index contributed by atoms with van der Waals surface area (Å²) in [7, 11) is 0. The second-order valence-corrected chi connectivity index (χ2v) is 6.18. The summed E-state index contributed by atoms with van der Waals surface area (Å²) in [5.41, 5.74) is 1.70. The van der Waals surface area contributed by atoms with Gasteiger partial charge in [-0.1, -0.05) is 79.9 Å². The van der Waals surface area contributed by atoms with Gasteiger partial charge in [0, 0.05) is 16.7 Å². The lowest BCUT2D eigenvalue weighted by molar-refractivity contribution is -0.140. The third kappa shape index (κ3) is 1.92. The van der Waals surface area contributed by atoms with Crippen molar-refractivity contribution >= 4 is 17.3 Å². The number of rotatable bonds is 2. The minimum absolute atomic E-state index is 0.211. The monoisotopic (exact) mass is 328 g/mol. The van der Waals surface area contributed by atoms with Crippen LogP contribution >= 0.6 is 0 Å². The van der Waals surface area contributed by atoms with Gasteiger partial charge in [0.2, 0.25) is 11.4 Å². The number of benzene rings is 2. The lowest BCUT2D eigenvalue weighted by Gasteiger charge is -2.29. The number of Topliss-reactive ketones (excluding diaryl/α,β-unsaturated/α-hetero) is 1. The van der Waals surface area contributed by atoms with E-state index < -0.39 is 17.5 Å². The van der Waals surface area contributed by atoms with E-state index >= 15 is 0 Å². The van der Waals surface area contributed by atoms with Gasteiger partial charge < -0.3 is 4.74 Å². The molecule has 1 fully saturated rings. The number of fused-ring (bicyclic) bond motifs is 1. The molecule has 0 amide bonds. The maximum absolute atomic E-state index is 13.4. The molecule has 25 heavy (non-hydrogen) atoms. The number of esters is 1. The van der Waals surface area contributed by atoms with E-state index in [4.69, 9.17) is 4.74 Å². The average Bonchev–Trinajstić information content (AvgIpc) is 3.03. The third-order valence-corrected chi connectivity index (χ3v) is 4.89. The van der Waals surface area contributed by atoms with Gasteiger partial charge in [0.05, 0.1) is 5.92 Å². The molecule has 0 unspecified atom stereocenters. The minimum Gasteiger partial charge on any atom is -0.441 e. The molecule has 3 nitrogen and oxygen atoms in total. The summed E-state index contributed by atoms with van der Waals surface area (Å²) in [5, 5.41) is 0. The number of hydrogen-bond acceptors (Lipinski definition) is 3. The van der Waals surface area contributed by atoms with Crippen LogP contribution < -0.4 is 0 Å². The molecule has 1 aliphatic carbocycles. The van der Waals surface area contributed by atoms with E-state index in [1.165, 1.54) is 0 Å². The van der Waals surface area contributed by atoms with Gasteiger partial charge in [0.1, 0.15) is 0 Å². The van der Waals surface area contributed by atoms with Crippen molar-refractivity contribution in [3.63, 3.8) is 0 Å². The normalized spacial score (nSPS) is 26.2. The van der Waals surface area contributed by atoms with Gasteiger partial charge in [0.15, 0.2) is 0 Å². The molecule has 4 rings (SSSR count). The first-order valence-electron chi connectivity index (χ1n) is 8.05. The first kappa shape index (κ1) is 15.3. The summed E-state index contributed by atoms with van der Waals surface area (Å²) in [6.07, 6.45) is 3.37. The Bertz CT molecular complexity index is 952. The lowest BCUT2D eigenvalue weighted by atomic mass is 9.75. The summed E-state index contributed by atoms with van der Waals surface area (Å²) in [5.74, 6) is -1.31. The fraction of sp³-hybridized carbons (Fsp3) is 0.0909. The van der Waals surface area contributed by atoms with Gasteiger partial charge in [0.25, 0.3) is 0 Å². The van der Waals surface area contributed by atoms with Crippen LogP contribution in [0.25, 0.3) is 5.57 Å². The van der Waals surface area contributed by atoms with Gasteiger partial charge in [-0.15, -0.1) is 0 Å². The molecule has 0 N–H and O–H groups in total. The van der Waals surface area contributed by atoms with Crippen LogP contribution in [0.5, 0.6) is 0 Å². The van der Waals surface area contributed by atoms with E-state index in [9.17, 15) is 9.59 Å². The Balaban J connectivity index is 2.03. The van der Waals surface area contributed by atoms with E-state index in [0.29, 0.717) is 16.7 Å². The molecule has 1 saturated heterocycles. The molecule has 1 heterocycles. The zero-order valence-electron chi connectivity index (χ0n) is 13.6. The molecule has 2 aromatic carbocycles. The smallest absolute Gasteiger partial charge is 0.335 e. The predicted molar refractivity (Wildman–Crippen MR) is 96.1 cm³/mol. The molecule has 0 saturated carbocycles. The van der Waals surface area contributed by atoms with Crippen molar-refractivity contribution in [2.24, 2.45) is 0 Å². The Labute approximate surface area is 145 Å². The molecule has 1 spiro atoms. The summed E-state index contributed by atoms with van der Waals surface area (Å²) < 4.78 is 5.74. The van der Waals surface area contributed by atoms with Gasteiger partial charge in [-0.2, -0.15) is 0 Å². The Morgan fingerprint density at radius 2 is 1.60 bits per heavy atom. The highest BCUT2D eigenvalue weighted by Crippen LogP contribution is 2.56. The molecule has 0 aromatic heterocycles. The van der Waals surface area contributed by atoms with Crippen molar-refractivity contribution in [2.45, 2.75) is 11.5 Å². The quantitative estimate of drug-likeness (QED) is 0.616. The van der Waals surface area contributed by atoms with Gasteiger partial charge in [-0.3, -0.25) is 4.79 Å². The van der Waals surface area contributed by atoms with E-state index in [2.05, 4.69) is 13.2 Å². The molecule has 2 atom stereocenters. The molecule has 0 radical (unpaired) electrons. The van der Waals surface area contributed by atoms with Crippen LogP contribution in [0.2, 0.25) is 0 Å². The molecule has 2 aliphatic rings. The SMILES string of the molecule is C=C/C=C1/c2ccccc2C(=O)[C@]12OC(=O)C(=C)[C@@H]2c1ccccc1. The molecule has 2 aromatic rings. The fourth-order valence-electron chi connectivity index (χ4n) is 3.87. The van der Waals surface area contributed by atoms with Crippen LogP contribution in [0.3, 0.4) is 0 Å². The van der Waals surface area contributed by atoms with Crippen molar-refractivity contribution in [3.8, 4) is 0 Å². The van der Waals surface area contributed by atoms with E-state index in [1.807, 2.05) is 48.5 Å². The van der Waals surface area contributed by atoms with Crippen LogP contribution in [0.1, 0.15) is 27.4 Å². The second kappa shape index (κ2) is 5.42. The number of carbonyl (C=O) groups excluding carboxylic acids is 2. The number of ketones is 1. The molecular formula is C22H16O3. The van der Waals surface area contributed by atoms with Crippen LogP contribution in [-0.2, 0) is 9.53 Å². The molecule has 0 bridgehead atoms. The summed E-state index contributed by atoms with van der Waals surface area (Å²) >= 11 is 0. The first-order chi connectivity index (χ1) is 12.1. The van der Waals surface area contributed by atoms with E-state index in [-0.39, 0.29) is 5.78 Å². The van der Waals surface area contributed by atoms with Crippen molar-refractivity contribution in [2.75, 3.05) is 0 Å². The Hall–Kier alpha value is -3.20. The Morgan fingerprint density at radius 1 is 0.960 bits per heavy atom. The van der Waals surface area contributed by atoms with Crippen molar-refractivity contribution in [1.29, 1.82) is 0 Å². The maximum Gasteiger partial charge on any atom is 0.335 e. The zero-order valence-corrected chi connectivity index (χ0v) is 13.6. The highest BCUT2D eigenvalue weighted by atomic mass is 16.6. The van der Waals surface area contributed by atoms with Crippen molar-refractivity contribution < 1.29 is 14.3 Å². The summed E-state index contributed by atoms with van der Waals surface area (Å²) in [6, 6.07) is 16.7. The zero-order chi connectivity index (χ0) is 17.6. The minimum atomic E-state index is -1.41. The van der Waals surface area contributed by atoms with Crippen molar-refractivity contribution in [1.82, 2.24) is 0 Å². The highest BCUT2D eigenvalue weighted by molar-refractivity contribution is 6.23. The fourth-order valence-corrected chi connectivity index (χ4v) is 3.87. The van der Waals surface area contributed by atoms with Crippen LogP contribution in [0.15, 0.2) is 85.5 Å². The van der Waals surface area contributed by atoms with Crippen LogP contribution in [0, 0.1) is 0 Å². The molecule has 122 valence electrons. The van der Waals surface area contributed by atoms with Gasteiger partial charge in [-0.25, -0.2) is 4.79 Å². The largest absolute Gasteiger partial charge is 0.441 e. The number of allylic oxidation sites excluding steroid dienone is 2. The maximum atomic E-state index is 13.4. The van der Waals surface area contributed by atoms with Gasteiger partial charge >= 0.3 is 5.97 Å². The summed E-state index contributed by atoms with van der Waals surface area (Å²) in [6.45, 7) is 7.69. The lowest BCUT2D eigenvalue weighted by Crippen LogP contribution is -2.40. The average molecular weight is 328 g/mol. The second-order valence-electron chi connectivity index (χ2n) is 6.18. The van der Waals surface area contributed by atoms with E-state index in [1.54, 1.807) is 18.2 Å². The Kier molecular flexibility index (Phi) is 3.32. The topological polar surface area (TPSA) is 43.4 Å². The van der Waals surface area contributed by atoms with Crippen LogP contribution in [0.4, 0.5) is 0 Å². The third-order valence-electron chi connectivity index (χ3n) is 4.89.